The summed E-state index contributed by atoms with van der Waals surface area (Å²) in [6, 6.07) is 0.618. The summed E-state index contributed by atoms with van der Waals surface area (Å²) in [5.74, 6) is 0. The maximum absolute atomic E-state index is 5.34. The molecule has 1 N–H and O–H groups in total. The Bertz CT molecular complexity index is 300. The zero-order chi connectivity index (χ0) is 9.97. The number of nitrogens with one attached hydrogen (secondary N) is 1. The second-order valence-electron chi connectivity index (χ2n) is 3.74. The van der Waals surface area contributed by atoms with E-state index in [9.17, 15) is 0 Å². The zero-order valence-electron chi connectivity index (χ0n) is 8.62. The van der Waals surface area contributed by atoms with E-state index in [1.54, 1.807) is 18.0 Å². The monoisotopic (exact) mass is 212 g/mol. The van der Waals surface area contributed by atoms with Crippen LogP contribution in [0.15, 0.2) is 15.9 Å². The van der Waals surface area contributed by atoms with E-state index >= 15 is 0 Å². The third-order valence-corrected chi connectivity index (χ3v) is 3.93. The highest BCUT2D eigenvalue weighted by molar-refractivity contribution is 7.99. The van der Waals surface area contributed by atoms with Crippen LogP contribution in [-0.2, 0) is 0 Å². The van der Waals surface area contributed by atoms with Crippen LogP contribution < -0.4 is 5.32 Å². The standard InChI is InChI=1S/C10H16N2OS/c1-7-6-13-10(12-7)14-9-5-3-4-8(9)11-2/h6,8-9,11H,3-5H2,1-2H3. The third-order valence-electron chi connectivity index (χ3n) is 2.67. The zero-order valence-corrected chi connectivity index (χ0v) is 9.43. The van der Waals surface area contributed by atoms with E-state index < -0.39 is 0 Å². The summed E-state index contributed by atoms with van der Waals surface area (Å²) in [5, 5.41) is 4.79. The van der Waals surface area contributed by atoms with Crippen LogP contribution in [-0.4, -0.2) is 23.3 Å². The van der Waals surface area contributed by atoms with Crippen molar-refractivity contribution in [1.29, 1.82) is 0 Å². The molecule has 1 aromatic heterocycles. The molecule has 1 aliphatic carbocycles. The lowest BCUT2D eigenvalue weighted by atomic mass is 10.2. The number of hydrogen-bond acceptors (Lipinski definition) is 4. The van der Waals surface area contributed by atoms with Crippen molar-refractivity contribution in [2.75, 3.05) is 7.05 Å². The smallest absolute Gasteiger partial charge is 0.256 e. The molecular formula is C10H16N2OS. The van der Waals surface area contributed by atoms with Gasteiger partial charge in [-0.05, 0) is 26.8 Å². The Balaban J connectivity index is 1.96. The molecule has 0 aliphatic heterocycles. The van der Waals surface area contributed by atoms with Gasteiger partial charge in [0.25, 0.3) is 5.22 Å². The number of aromatic nitrogens is 1. The Morgan fingerprint density at radius 1 is 1.57 bits per heavy atom. The first kappa shape index (κ1) is 10.1. The van der Waals surface area contributed by atoms with E-state index in [1.165, 1.54) is 19.3 Å². The van der Waals surface area contributed by atoms with Crippen LogP contribution in [0.3, 0.4) is 0 Å². The minimum absolute atomic E-state index is 0.618. The molecule has 1 saturated carbocycles. The highest BCUT2D eigenvalue weighted by Gasteiger charge is 2.27. The predicted molar refractivity (Wildman–Crippen MR) is 57.6 cm³/mol. The normalized spacial score (nSPS) is 27.0. The van der Waals surface area contributed by atoms with E-state index in [2.05, 4.69) is 10.3 Å². The summed E-state index contributed by atoms with van der Waals surface area (Å²) in [5.41, 5.74) is 0.964. The second kappa shape index (κ2) is 4.36. The van der Waals surface area contributed by atoms with Gasteiger partial charge in [0, 0.05) is 11.3 Å². The Morgan fingerprint density at radius 3 is 3.07 bits per heavy atom. The van der Waals surface area contributed by atoms with Gasteiger partial charge in [-0.2, -0.15) is 0 Å². The molecule has 2 unspecified atom stereocenters. The Hall–Kier alpha value is -0.480. The molecule has 0 saturated heterocycles. The molecule has 1 aliphatic rings. The average molecular weight is 212 g/mol. The van der Waals surface area contributed by atoms with E-state index in [1.807, 2.05) is 14.0 Å². The molecule has 0 bridgehead atoms. The van der Waals surface area contributed by atoms with Crippen molar-refractivity contribution in [3.05, 3.63) is 12.0 Å². The fraction of sp³-hybridized carbons (Fsp3) is 0.700. The van der Waals surface area contributed by atoms with Crippen LogP contribution in [0.1, 0.15) is 25.0 Å². The van der Waals surface area contributed by atoms with Crippen molar-refractivity contribution >= 4 is 11.8 Å². The van der Waals surface area contributed by atoms with Crippen LogP contribution in [0.2, 0.25) is 0 Å². The molecule has 78 valence electrons. The number of nitrogens with zero attached hydrogens (tertiary/aromatic N) is 1. The van der Waals surface area contributed by atoms with Gasteiger partial charge in [-0.15, -0.1) is 0 Å². The lowest BCUT2D eigenvalue weighted by Crippen LogP contribution is -2.30. The molecule has 1 aromatic rings. The summed E-state index contributed by atoms with van der Waals surface area (Å²) in [6.07, 6.45) is 5.56. The fourth-order valence-corrected chi connectivity index (χ4v) is 3.19. The molecule has 0 amide bonds. The minimum Gasteiger partial charge on any atom is -0.440 e. The SMILES string of the molecule is CNC1CCCC1Sc1nc(C)co1. The molecule has 0 radical (unpaired) electrons. The number of rotatable bonds is 3. The maximum atomic E-state index is 5.34. The van der Waals surface area contributed by atoms with E-state index in [0.29, 0.717) is 11.3 Å². The van der Waals surface area contributed by atoms with E-state index in [4.69, 9.17) is 4.42 Å². The highest BCUT2D eigenvalue weighted by atomic mass is 32.2. The Labute approximate surface area is 88.7 Å². The van der Waals surface area contributed by atoms with E-state index in [0.717, 1.165) is 10.9 Å². The number of aryl methyl sites for hydroxylation is 1. The molecule has 0 spiro atoms. The molecule has 4 heteroatoms. The van der Waals surface area contributed by atoms with Gasteiger partial charge >= 0.3 is 0 Å². The first-order valence-electron chi connectivity index (χ1n) is 5.05. The topological polar surface area (TPSA) is 38.1 Å². The van der Waals surface area contributed by atoms with Gasteiger partial charge < -0.3 is 9.73 Å². The van der Waals surface area contributed by atoms with Crippen LogP contribution in [0, 0.1) is 6.92 Å². The largest absolute Gasteiger partial charge is 0.440 e. The highest BCUT2D eigenvalue weighted by Crippen LogP contribution is 2.34. The Morgan fingerprint density at radius 2 is 2.43 bits per heavy atom. The van der Waals surface area contributed by atoms with Gasteiger partial charge in [-0.3, -0.25) is 0 Å². The fourth-order valence-electron chi connectivity index (χ4n) is 1.91. The molecule has 2 rings (SSSR count). The summed E-state index contributed by atoms with van der Waals surface area (Å²) in [4.78, 5) is 4.31. The first-order valence-corrected chi connectivity index (χ1v) is 5.93. The van der Waals surface area contributed by atoms with Crippen LogP contribution in [0.5, 0.6) is 0 Å². The quantitative estimate of drug-likeness (QED) is 0.833. The summed E-state index contributed by atoms with van der Waals surface area (Å²) in [6.45, 7) is 1.96. The molecule has 1 heterocycles. The maximum Gasteiger partial charge on any atom is 0.256 e. The van der Waals surface area contributed by atoms with Gasteiger partial charge in [0.05, 0.1) is 5.69 Å². The molecule has 0 aromatic carbocycles. The van der Waals surface area contributed by atoms with Crippen molar-refractivity contribution in [2.45, 2.75) is 42.7 Å². The minimum atomic E-state index is 0.618. The lowest BCUT2D eigenvalue weighted by Gasteiger charge is -2.15. The van der Waals surface area contributed by atoms with Crippen molar-refractivity contribution in [2.24, 2.45) is 0 Å². The lowest BCUT2D eigenvalue weighted by molar-refractivity contribution is 0.451. The molecule has 1 fully saturated rings. The van der Waals surface area contributed by atoms with Gasteiger partial charge in [-0.25, -0.2) is 4.98 Å². The van der Waals surface area contributed by atoms with Gasteiger partial charge in [-0.1, -0.05) is 18.2 Å². The molecule has 2 atom stereocenters. The van der Waals surface area contributed by atoms with Crippen molar-refractivity contribution in [1.82, 2.24) is 10.3 Å². The first-order chi connectivity index (χ1) is 6.79. The third kappa shape index (κ3) is 2.12. The number of hydrogen-bond donors (Lipinski definition) is 1. The van der Waals surface area contributed by atoms with Gasteiger partial charge in [0.2, 0.25) is 0 Å². The van der Waals surface area contributed by atoms with E-state index in [-0.39, 0.29) is 0 Å². The predicted octanol–water partition coefficient (Wildman–Crippen LogP) is 2.22. The van der Waals surface area contributed by atoms with Crippen LogP contribution in [0.4, 0.5) is 0 Å². The summed E-state index contributed by atoms with van der Waals surface area (Å²) < 4.78 is 5.34. The van der Waals surface area contributed by atoms with Crippen molar-refractivity contribution in [3.8, 4) is 0 Å². The second-order valence-corrected chi connectivity index (χ2v) is 4.93. The van der Waals surface area contributed by atoms with Gasteiger partial charge in [0.1, 0.15) is 6.26 Å². The molecule has 3 nitrogen and oxygen atoms in total. The van der Waals surface area contributed by atoms with Crippen LogP contribution in [0.25, 0.3) is 0 Å². The molecule has 14 heavy (non-hydrogen) atoms. The number of thioether (sulfide) groups is 1. The van der Waals surface area contributed by atoms with Crippen molar-refractivity contribution < 1.29 is 4.42 Å². The average Bonchev–Trinajstić information content (AvgIpc) is 2.76. The summed E-state index contributed by atoms with van der Waals surface area (Å²) >= 11 is 1.76. The summed E-state index contributed by atoms with van der Waals surface area (Å²) in [7, 11) is 2.03. The van der Waals surface area contributed by atoms with Crippen molar-refractivity contribution in [3.63, 3.8) is 0 Å². The van der Waals surface area contributed by atoms with Crippen LogP contribution >= 0.6 is 11.8 Å². The van der Waals surface area contributed by atoms with Gasteiger partial charge in [0.15, 0.2) is 0 Å². The Kier molecular flexibility index (Phi) is 3.13. The number of oxazole rings is 1. The molecular weight excluding hydrogens is 196 g/mol.